The van der Waals surface area contributed by atoms with Gasteiger partial charge in [0.1, 0.15) is 0 Å². The Morgan fingerprint density at radius 1 is 0.588 bits per heavy atom. The van der Waals surface area contributed by atoms with Crippen LogP contribution in [0.3, 0.4) is 0 Å². The minimum absolute atomic E-state index is 0.694. The van der Waals surface area contributed by atoms with Gasteiger partial charge in [0.15, 0.2) is 0 Å². The van der Waals surface area contributed by atoms with Crippen LogP contribution in [0.2, 0.25) is 0 Å². The van der Waals surface area contributed by atoms with Gasteiger partial charge in [0.05, 0.1) is 0 Å². The molecule has 0 saturated carbocycles. The lowest BCUT2D eigenvalue weighted by Gasteiger charge is -1.95. The normalized spacial score (nSPS) is 5.06. The molecule has 0 aliphatic rings. The average molecular weight is 333 g/mol. The van der Waals surface area contributed by atoms with Crippen LogP contribution in [0, 0.1) is 0 Å². The SMILES string of the molecule is C=P.C=P.C=P.C=P.C=P.NCCNCCN. The monoisotopic (exact) mass is 333 g/mol. The first-order valence-corrected chi connectivity index (χ1v) is 7.83. The zero-order chi connectivity index (χ0) is 15.5. The minimum atomic E-state index is 0.694. The third-order valence-corrected chi connectivity index (χ3v) is 0.642. The van der Waals surface area contributed by atoms with Gasteiger partial charge in [0.2, 0.25) is 0 Å². The summed E-state index contributed by atoms with van der Waals surface area (Å²) in [4.78, 5) is 0. The van der Waals surface area contributed by atoms with Crippen molar-refractivity contribution >= 4 is 75.8 Å². The van der Waals surface area contributed by atoms with Crippen LogP contribution in [0.1, 0.15) is 0 Å². The zero-order valence-corrected chi connectivity index (χ0v) is 15.5. The lowest BCUT2D eigenvalue weighted by molar-refractivity contribution is 0.696. The number of rotatable bonds is 4. The standard InChI is InChI=1S/C4H13N3.5CH3P/c5-1-3-7-4-2-6;5*1-2/h7H,1-6H2;5*2H,1H2. The summed E-state index contributed by atoms with van der Waals surface area (Å²) in [6.45, 7) is 3.13. The van der Waals surface area contributed by atoms with E-state index < -0.39 is 0 Å². The van der Waals surface area contributed by atoms with E-state index in [0.717, 1.165) is 13.1 Å². The van der Waals surface area contributed by atoms with Crippen molar-refractivity contribution in [3.05, 3.63) is 0 Å². The Kier molecular flexibility index (Phi) is 267. The van der Waals surface area contributed by atoms with Crippen LogP contribution in [-0.2, 0) is 0 Å². The fraction of sp³-hybridized carbons (Fsp3) is 0.444. The highest BCUT2D eigenvalue weighted by Gasteiger charge is 1.76. The van der Waals surface area contributed by atoms with Crippen molar-refractivity contribution < 1.29 is 0 Å². The van der Waals surface area contributed by atoms with Gasteiger partial charge in [-0.05, 0) is 0 Å². The van der Waals surface area contributed by atoms with Crippen molar-refractivity contribution in [2.24, 2.45) is 11.5 Å². The summed E-state index contributed by atoms with van der Waals surface area (Å²) in [7, 11) is 13.6. The Morgan fingerprint density at radius 2 is 0.765 bits per heavy atom. The van der Waals surface area contributed by atoms with Gasteiger partial charge < -0.3 is 16.8 Å². The number of hydrogen-bond acceptors (Lipinski definition) is 3. The topological polar surface area (TPSA) is 64.1 Å². The van der Waals surface area contributed by atoms with Gasteiger partial charge in [-0.3, -0.25) is 0 Å². The summed E-state index contributed by atoms with van der Waals surface area (Å²) in [6.07, 6.45) is 15.3. The molecule has 17 heavy (non-hydrogen) atoms. The summed E-state index contributed by atoms with van der Waals surface area (Å²) in [5.41, 5.74) is 10.3. The molecule has 0 bridgehead atoms. The first-order valence-electron chi connectivity index (χ1n) is 4.29. The molecular weight excluding hydrogens is 305 g/mol. The summed E-state index contributed by atoms with van der Waals surface area (Å²) in [5.74, 6) is 0. The number of nitrogens with one attached hydrogen (secondary N) is 1. The molecule has 0 atom stereocenters. The molecular formula is C9H28N3P5. The van der Waals surface area contributed by atoms with Crippen LogP contribution in [0.25, 0.3) is 0 Å². The van der Waals surface area contributed by atoms with Gasteiger partial charge in [0.25, 0.3) is 0 Å². The quantitative estimate of drug-likeness (QED) is 0.537. The predicted octanol–water partition coefficient (Wildman–Crippen LogP) is 1.30. The second kappa shape index (κ2) is 126. The largest absolute Gasteiger partial charge is 0.329 e. The maximum Gasteiger partial charge on any atom is 0.00750 e. The molecule has 0 aliphatic heterocycles. The van der Waals surface area contributed by atoms with E-state index in [1.807, 2.05) is 0 Å². The molecule has 0 aromatic carbocycles. The molecule has 0 amide bonds. The maximum absolute atomic E-state index is 5.17. The third kappa shape index (κ3) is 162. The van der Waals surface area contributed by atoms with Gasteiger partial charge >= 0.3 is 0 Å². The Morgan fingerprint density at radius 3 is 0.882 bits per heavy atom. The molecule has 0 aliphatic carbocycles. The average Bonchev–Trinajstić information content (AvgIpc) is 2.50. The summed E-state index contributed by atoms with van der Waals surface area (Å²) in [6, 6.07) is 0. The Hall–Kier alpha value is 0.730. The first kappa shape index (κ1) is 36.1. The van der Waals surface area contributed by atoms with E-state index in [1.54, 1.807) is 0 Å². The van der Waals surface area contributed by atoms with E-state index in [0.29, 0.717) is 13.1 Å². The van der Waals surface area contributed by atoms with Crippen LogP contribution in [0.15, 0.2) is 0 Å². The second-order valence-electron chi connectivity index (χ2n) is 1.33. The minimum Gasteiger partial charge on any atom is -0.329 e. The molecule has 5 N–H and O–H groups in total. The molecule has 0 fully saturated rings. The molecule has 0 aromatic heterocycles. The van der Waals surface area contributed by atoms with Gasteiger partial charge in [-0.1, -0.05) is 31.5 Å². The van der Waals surface area contributed by atoms with E-state index in [9.17, 15) is 0 Å². The molecule has 0 spiro atoms. The van der Waals surface area contributed by atoms with E-state index in [2.05, 4.69) is 81.1 Å². The van der Waals surface area contributed by atoms with Crippen molar-refractivity contribution in [1.82, 2.24) is 5.32 Å². The molecule has 0 aromatic rings. The Labute approximate surface area is 119 Å². The van der Waals surface area contributed by atoms with Crippen LogP contribution in [0.5, 0.6) is 0 Å². The third-order valence-electron chi connectivity index (χ3n) is 0.642. The van der Waals surface area contributed by atoms with E-state index in [-0.39, 0.29) is 0 Å². The highest BCUT2D eigenvalue weighted by Crippen LogP contribution is 1.49. The maximum atomic E-state index is 5.17. The van der Waals surface area contributed by atoms with Crippen LogP contribution < -0.4 is 16.8 Å². The van der Waals surface area contributed by atoms with Gasteiger partial charge in [-0.25, -0.2) is 0 Å². The van der Waals surface area contributed by atoms with Gasteiger partial charge in [-0.2, -0.15) is 0 Å². The molecule has 3 nitrogen and oxygen atoms in total. The second-order valence-corrected chi connectivity index (χ2v) is 1.33. The zero-order valence-electron chi connectivity index (χ0n) is 10.5. The first-order chi connectivity index (χ1) is 8.41. The smallest absolute Gasteiger partial charge is 0.00750 e. The number of nitrogens with two attached hydrogens (primary N) is 2. The highest BCUT2D eigenvalue weighted by atomic mass is 31.0. The van der Waals surface area contributed by atoms with Crippen molar-refractivity contribution in [3.63, 3.8) is 0 Å². The van der Waals surface area contributed by atoms with Crippen molar-refractivity contribution in [1.29, 1.82) is 0 Å². The van der Waals surface area contributed by atoms with Crippen molar-refractivity contribution in [3.8, 4) is 0 Å². The molecule has 0 heterocycles. The molecule has 8 heteroatoms. The highest BCUT2D eigenvalue weighted by molar-refractivity contribution is 7.16. The van der Waals surface area contributed by atoms with Crippen molar-refractivity contribution in [2.75, 3.05) is 26.2 Å². The van der Waals surface area contributed by atoms with Crippen molar-refractivity contribution in [2.45, 2.75) is 0 Å². The lowest BCUT2D eigenvalue weighted by Crippen LogP contribution is -2.27. The molecule has 0 radical (unpaired) electrons. The fourth-order valence-electron chi connectivity index (χ4n) is 0.329. The van der Waals surface area contributed by atoms with Crippen LogP contribution in [0.4, 0.5) is 0 Å². The lowest BCUT2D eigenvalue weighted by atomic mass is 10.6. The molecule has 0 unspecified atom stereocenters. The Bertz CT molecular complexity index is 75.4. The molecule has 104 valence electrons. The Balaban J connectivity index is -0.0000000257. The number of hydrogen-bond donors (Lipinski definition) is 3. The van der Waals surface area contributed by atoms with E-state index in [4.69, 9.17) is 11.5 Å². The van der Waals surface area contributed by atoms with Gasteiger partial charge in [0, 0.05) is 26.2 Å². The molecule has 0 saturated heterocycles. The van der Waals surface area contributed by atoms with Crippen LogP contribution in [-0.4, -0.2) is 57.7 Å². The predicted molar refractivity (Wildman–Crippen MR) is 108 cm³/mol. The fourth-order valence-corrected chi connectivity index (χ4v) is 0.329. The summed E-state index contributed by atoms with van der Waals surface area (Å²) >= 11 is 0. The van der Waals surface area contributed by atoms with Gasteiger partial charge in [-0.15, -0.1) is 44.3 Å². The summed E-state index contributed by atoms with van der Waals surface area (Å²) in [5, 5.41) is 3.03. The van der Waals surface area contributed by atoms with Crippen LogP contribution >= 0.6 is 44.3 Å². The molecule has 0 rings (SSSR count). The van der Waals surface area contributed by atoms with E-state index >= 15 is 0 Å². The summed E-state index contributed by atoms with van der Waals surface area (Å²) < 4.78 is 0. The van der Waals surface area contributed by atoms with E-state index in [1.165, 1.54) is 0 Å².